The first-order valence-electron chi connectivity index (χ1n) is 8.07. The number of nitrogens with one attached hydrogen (secondary N) is 1. The van der Waals surface area contributed by atoms with Gasteiger partial charge in [-0.2, -0.15) is 4.31 Å². The first-order valence-corrected chi connectivity index (χ1v) is 11.6. The smallest absolute Gasteiger partial charge is 0.322 e. The van der Waals surface area contributed by atoms with Crippen molar-refractivity contribution < 1.29 is 26.0 Å². The van der Waals surface area contributed by atoms with Crippen LogP contribution in [0.15, 0.2) is 33.6 Å². The highest BCUT2D eigenvalue weighted by molar-refractivity contribution is 7.89. The Bertz CT molecular complexity index is 1040. The van der Waals surface area contributed by atoms with Crippen molar-refractivity contribution in [3.63, 3.8) is 0 Å². The summed E-state index contributed by atoms with van der Waals surface area (Å²) in [4.78, 5) is 12.3. The van der Waals surface area contributed by atoms with E-state index in [4.69, 9.17) is 4.42 Å². The zero-order chi connectivity index (χ0) is 19.7. The lowest BCUT2D eigenvalue weighted by atomic mass is 10.2. The van der Waals surface area contributed by atoms with Crippen molar-refractivity contribution in [3.05, 3.63) is 35.7 Å². The number of nitrogens with zero attached hydrogens (tertiary/aromatic N) is 3. The molecule has 0 saturated carbocycles. The molecule has 146 valence electrons. The highest BCUT2D eigenvalue weighted by Crippen LogP contribution is 2.21. The molecule has 12 heteroatoms. The number of anilines is 1. The third-order valence-electron chi connectivity index (χ3n) is 3.89. The van der Waals surface area contributed by atoms with Gasteiger partial charge in [0.15, 0.2) is 9.84 Å². The molecule has 27 heavy (non-hydrogen) atoms. The van der Waals surface area contributed by atoms with Gasteiger partial charge in [-0.05, 0) is 37.1 Å². The third kappa shape index (κ3) is 4.70. The van der Waals surface area contributed by atoms with Gasteiger partial charge in [0.05, 0.1) is 4.90 Å². The second-order valence-electron chi connectivity index (χ2n) is 6.16. The maximum Gasteiger partial charge on any atom is 0.322 e. The van der Waals surface area contributed by atoms with Crippen molar-refractivity contribution in [2.45, 2.75) is 23.5 Å². The fraction of sp³-hybridized carbons (Fsp3) is 0.400. The van der Waals surface area contributed by atoms with Crippen LogP contribution >= 0.6 is 0 Å². The summed E-state index contributed by atoms with van der Waals surface area (Å²) in [6, 6.07) is 5.25. The van der Waals surface area contributed by atoms with Crippen LogP contribution < -0.4 is 5.32 Å². The molecule has 0 unspecified atom stereocenters. The maximum absolute atomic E-state index is 12.5. The number of rotatable bonds is 6. The van der Waals surface area contributed by atoms with E-state index in [1.807, 2.05) is 0 Å². The van der Waals surface area contributed by atoms with Gasteiger partial charge in [0.2, 0.25) is 15.9 Å². The minimum absolute atomic E-state index is 0.120. The summed E-state index contributed by atoms with van der Waals surface area (Å²) in [5, 5.41) is 9.45. The molecule has 1 saturated heterocycles. The molecule has 0 aliphatic carbocycles. The molecule has 1 aromatic carbocycles. The minimum Gasteiger partial charge on any atom is -0.407 e. The average Bonchev–Trinajstić information content (AvgIpc) is 3.26. The number of sulfone groups is 1. The predicted molar refractivity (Wildman–Crippen MR) is 95.2 cm³/mol. The molecule has 0 radical (unpaired) electrons. The standard InChI is InChI=1S/C15H18N4O6S2/c1-26(21,22)10-13-17-18-15(25-13)16-14(20)11-4-6-12(7-5-11)27(23,24)19-8-2-3-9-19/h4-7H,2-3,8-10H2,1H3,(H,16,18,20). The Morgan fingerprint density at radius 3 is 2.33 bits per heavy atom. The summed E-state index contributed by atoms with van der Waals surface area (Å²) in [5.74, 6) is -1.16. The van der Waals surface area contributed by atoms with Crippen LogP contribution in [0.4, 0.5) is 6.01 Å². The van der Waals surface area contributed by atoms with E-state index < -0.39 is 31.5 Å². The van der Waals surface area contributed by atoms with Gasteiger partial charge in [-0.25, -0.2) is 16.8 Å². The molecular weight excluding hydrogens is 396 g/mol. The summed E-state index contributed by atoms with van der Waals surface area (Å²) < 4.78 is 53.8. The van der Waals surface area contributed by atoms with Crippen LogP contribution in [-0.2, 0) is 25.6 Å². The molecule has 2 aromatic rings. The topological polar surface area (TPSA) is 140 Å². The van der Waals surface area contributed by atoms with E-state index in [9.17, 15) is 21.6 Å². The number of aromatic nitrogens is 2. The molecular formula is C15H18N4O6S2. The van der Waals surface area contributed by atoms with Crippen LogP contribution in [-0.4, -0.2) is 56.6 Å². The summed E-state index contributed by atoms with van der Waals surface area (Å²) in [6.07, 6.45) is 2.70. The van der Waals surface area contributed by atoms with Gasteiger partial charge in [0.1, 0.15) is 5.75 Å². The summed E-state index contributed by atoms with van der Waals surface area (Å²) in [7, 11) is -6.89. The Morgan fingerprint density at radius 2 is 1.74 bits per heavy atom. The molecule has 1 amide bonds. The second kappa shape index (κ2) is 7.37. The predicted octanol–water partition coefficient (Wildman–Crippen LogP) is 0.651. The lowest BCUT2D eigenvalue weighted by Crippen LogP contribution is -2.27. The normalized spacial score (nSPS) is 15.7. The summed E-state index contributed by atoms with van der Waals surface area (Å²) in [5.41, 5.74) is 0.193. The molecule has 10 nitrogen and oxygen atoms in total. The van der Waals surface area contributed by atoms with E-state index >= 15 is 0 Å². The van der Waals surface area contributed by atoms with Crippen molar-refractivity contribution in [2.75, 3.05) is 24.7 Å². The number of benzene rings is 1. The largest absolute Gasteiger partial charge is 0.407 e. The fourth-order valence-electron chi connectivity index (χ4n) is 2.61. The maximum atomic E-state index is 12.5. The van der Waals surface area contributed by atoms with E-state index in [-0.39, 0.29) is 22.4 Å². The number of sulfonamides is 1. The second-order valence-corrected chi connectivity index (χ2v) is 10.2. The highest BCUT2D eigenvalue weighted by atomic mass is 32.2. The van der Waals surface area contributed by atoms with Gasteiger partial charge < -0.3 is 4.42 Å². The first kappa shape index (κ1) is 19.5. The lowest BCUT2D eigenvalue weighted by Gasteiger charge is -2.15. The van der Waals surface area contributed by atoms with Gasteiger partial charge in [-0.1, -0.05) is 5.10 Å². The Morgan fingerprint density at radius 1 is 1.11 bits per heavy atom. The van der Waals surface area contributed by atoms with Crippen LogP contribution in [0, 0.1) is 0 Å². The molecule has 1 aliphatic heterocycles. The lowest BCUT2D eigenvalue weighted by molar-refractivity contribution is 0.102. The Balaban J connectivity index is 1.69. The Labute approximate surface area is 156 Å². The van der Waals surface area contributed by atoms with Gasteiger partial charge in [0.25, 0.3) is 5.91 Å². The summed E-state index contributed by atoms with van der Waals surface area (Å²) in [6.45, 7) is 0.995. The number of hydrogen-bond acceptors (Lipinski definition) is 8. The van der Waals surface area contributed by atoms with Crippen LogP contribution in [0.25, 0.3) is 0 Å². The van der Waals surface area contributed by atoms with E-state index in [1.54, 1.807) is 0 Å². The monoisotopic (exact) mass is 414 g/mol. The van der Waals surface area contributed by atoms with Crippen LogP contribution in [0.2, 0.25) is 0 Å². The van der Waals surface area contributed by atoms with Crippen molar-refractivity contribution in [3.8, 4) is 0 Å². The fourth-order valence-corrected chi connectivity index (χ4v) is 4.69. The number of carbonyl (C=O) groups is 1. The van der Waals surface area contributed by atoms with Crippen LogP contribution in [0.1, 0.15) is 29.1 Å². The van der Waals surface area contributed by atoms with Gasteiger partial charge in [-0.3, -0.25) is 10.1 Å². The Kier molecular flexibility index (Phi) is 5.31. The SMILES string of the molecule is CS(=O)(=O)Cc1nnc(NC(=O)c2ccc(S(=O)(=O)N3CCCC3)cc2)o1. The van der Waals surface area contributed by atoms with Gasteiger partial charge in [-0.15, -0.1) is 5.10 Å². The van der Waals surface area contributed by atoms with E-state index in [0.29, 0.717) is 13.1 Å². The van der Waals surface area contributed by atoms with Gasteiger partial charge >= 0.3 is 6.01 Å². The minimum atomic E-state index is -3.55. The quantitative estimate of drug-likeness (QED) is 0.727. The van der Waals surface area contributed by atoms with E-state index in [0.717, 1.165) is 19.1 Å². The molecule has 0 bridgehead atoms. The zero-order valence-electron chi connectivity index (χ0n) is 14.5. The number of carbonyl (C=O) groups excluding carboxylic acids is 1. The molecule has 0 spiro atoms. The summed E-state index contributed by atoms with van der Waals surface area (Å²) >= 11 is 0. The molecule has 1 N–H and O–H groups in total. The van der Waals surface area contributed by atoms with Crippen molar-refractivity contribution in [2.24, 2.45) is 0 Å². The van der Waals surface area contributed by atoms with Crippen LogP contribution in [0.5, 0.6) is 0 Å². The average molecular weight is 414 g/mol. The number of amides is 1. The molecule has 1 aromatic heterocycles. The Hall–Kier alpha value is -2.31. The van der Waals surface area contributed by atoms with Crippen molar-refractivity contribution in [1.82, 2.24) is 14.5 Å². The first-order chi connectivity index (χ1) is 12.6. The van der Waals surface area contributed by atoms with Crippen molar-refractivity contribution >= 4 is 31.8 Å². The third-order valence-corrected chi connectivity index (χ3v) is 6.58. The highest BCUT2D eigenvalue weighted by Gasteiger charge is 2.27. The molecule has 0 atom stereocenters. The molecule has 1 fully saturated rings. The molecule has 1 aliphatic rings. The van der Waals surface area contributed by atoms with Gasteiger partial charge in [0, 0.05) is 24.9 Å². The molecule has 2 heterocycles. The van der Waals surface area contributed by atoms with Crippen LogP contribution in [0.3, 0.4) is 0 Å². The van der Waals surface area contributed by atoms with E-state index in [2.05, 4.69) is 15.5 Å². The zero-order valence-corrected chi connectivity index (χ0v) is 16.1. The van der Waals surface area contributed by atoms with E-state index in [1.165, 1.54) is 28.6 Å². The molecule has 3 rings (SSSR count). The number of hydrogen-bond donors (Lipinski definition) is 1. The van der Waals surface area contributed by atoms with Crippen molar-refractivity contribution in [1.29, 1.82) is 0 Å².